The molecule has 22 heavy (non-hydrogen) atoms. The Kier molecular flexibility index (Phi) is 3.04. The Morgan fingerprint density at radius 3 is 2.91 bits per heavy atom. The summed E-state index contributed by atoms with van der Waals surface area (Å²) in [5.41, 5.74) is 3.06. The molecule has 4 aromatic heterocycles. The molecule has 0 aliphatic heterocycles. The maximum absolute atomic E-state index is 4.56. The van der Waals surface area contributed by atoms with E-state index in [1.165, 1.54) is 11.8 Å². The SMILES string of the molecule is Cc1cc(C)n2cc(CSc3nc4ncccn4n3)nc2n1. The molecule has 0 unspecified atom stereocenters. The summed E-state index contributed by atoms with van der Waals surface area (Å²) in [7, 11) is 0. The van der Waals surface area contributed by atoms with Crippen LogP contribution in [-0.2, 0) is 5.75 Å². The monoisotopic (exact) mass is 311 g/mol. The van der Waals surface area contributed by atoms with Crippen molar-refractivity contribution >= 4 is 23.3 Å². The Morgan fingerprint density at radius 2 is 2.05 bits per heavy atom. The third-order valence-corrected chi connectivity index (χ3v) is 4.13. The van der Waals surface area contributed by atoms with Crippen LogP contribution in [0.1, 0.15) is 17.1 Å². The van der Waals surface area contributed by atoms with Crippen molar-refractivity contribution in [2.24, 2.45) is 0 Å². The number of aryl methyl sites for hydroxylation is 2. The van der Waals surface area contributed by atoms with E-state index in [9.17, 15) is 0 Å². The summed E-state index contributed by atoms with van der Waals surface area (Å²) < 4.78 is 3.67. The van der Waals surface area contributed by atoms with Crippen LogP contribution in [0.25, 0.3) is 11.6 Å². The van der Waals surface area contributed by atoms with Crippen LogP contribution in [0.2, 0.25) is 0 Å². The molecule has 8 heteroatoms. The van der Waals surface area contributed by atoms with E-state index in [0.717, 1.165) is 22.9 Å². The summed E-state index contributed by atoms with van der Waals surface area (Å²) in [6.45, 7) is 4.03. The van der Waals surface area contributed by atoms with Crippen molar-refractivity contribution in [1.29, 1.82) is 0 Å². The Bertz CT molecular complexity index is 939. The van der Waals surface area contributed by atoms with Gasteiger partial charge in [0.1, 0.15) is 0 Å². The number of rotatable bonds is 3. The van der Waals surface area contributed by atoms with E-state index in [1.807, 2.05) is 35.9 Å². The lowest BCUT2D eigenvalue weighted by Crippen LogP contribution is -1.94. The van der Waals surface area contributed by atoms with Gasteiger partial charge in [0.15, 0.2) is 0 Å². The summed E-state index contributed by atoms with van der Waals surface area (Å²) in [6.07, 6.45) is 5.55. The zero-order valence-corrected chi connectivity index (χ0v) is 12.9. The second-order valence-electron chi connectivity index (χ2n) is 4.99. The summed E-state index contributed by atoms with van der Waals surface area (Å²) >= 11 is 1.54. The number of hydrogen-bond donors (Lipinski definition) is 0. The first-order valence-electron chi connectivity index (χ1n) is 6.81. The van der Waals surface area contributed by atoms with E-state index in [1.54, 1.807) is 10.7 Å². The second kappa shape index (κ2) is 5.06. The van der Waals surface area contributed by atoms with E-state index in [2.05, 4.69) is 32.0 Å². The van der Waals surface area contributed by atoms with E-state index >= 15 is 0 Å². The number of fused-ring (bicyclic) bond motifs is 2. The van der Waals surface area contributed by atoms with E-state index in [0.29, 0.717) is 16.7 Å². The lowest BCUT2D eigenvalue weighted by Gasteiger charge is -1.98. The third kappa shape index (κ3) is 2.31. The van der Waals surface area contributed by atoms with Crippen molar-refractivity contribution in [3.8, 4) is 0 Å². The molecule has 0 atom stereocenters. The van der Waals surface area contributed by atoms with Gasteiger partial charge in [-0.15, -0.1) is 5.10 Å². The van der Waals surface area contributed by atoms with Gasteiger partial charge < -0.3 is 0 Å². The molecule has 0 aliphatic rings. The molecule has 0 radical (unpaired) electrons. The van der Waals surface area contributed by atoms with E-state index in [4.69, 9.17) is 0 Å². The van der Waals surface area contributed by atoms with Gasteiger partial charge in [0.25, 0.3) is 5.78 Å². The molecule has 110 valence electrons. The van der Waals surface area contributed by atoms with Crippen LogP contribution >= 0.6 is 11.8 Å². The predicted octanol–water partition coefficient (Wildman–Crippen LogP) is 2.08. The van der Waals surface area contributed by atoms with Crippen molar-refractivity contribution in [2.45, 2.75) is 24.8 Å². The molecular formula is C14H13N7S. The fourth-order valence-electron chi connectivity index (χ4n) is 2.30. The molecule has 4 rings (SSSR count). The molecule has 0 fully saturated rings. The van der Waals surface area contributed by atoms with Gasteiger partial charge in [-0.3, -0.25) is 4.40 Å². The molecule has 4 aromatic rings. The zero-order chi connectivity index (χ0) is 15.1. The van der Waals surface area contributed by atoms with Crippen molar-refractivity contribution in [2.75, 3.05) is 0 Å². The molecule has 0 aromatic carbocycles. The maximum Gasteiger partial charge on any atom is 0.253 e. The largest absolute Gasteiger partial charge is 0.288 e. The molecule has 0 saturated heterocycles. The highest BCUT2D eigenvalue weighted by molar-refractivity contribution is 7.98. The summed E-state index contributed by atoms with van der Waals surface area (Å²) in [5, 5.41) is 5.06. The van der Waals surface area contributed by atoms with Gasteiger partial charge in [0.2, 0.25) is 10.9 Å². The number of hydrogen-bond acceptors (Lipinski definition) is 6. The van der Waals surface area contributed by atoms with Crippen molar-refractivity contribution in [1.82, 2.24) is 34.0 Å². The quantitative estimate of drug-likeness (QED) is 0.539. The summed E-state index contributed by atoms with van der Waals surface area (Å²) in [4.78, 5) is 17.5. The van der Waals surface area contributed by atoms with Gasteiger partial charge in [-0.05, 0) is 26.0 Å². The zero-order valence-electron chi connectivity index (χ0n) is 12.1. The van der Waals surface area contributed by atoms with Crippen LogP contribution < -0.4 is 0 Å². The smallest absolute Gasteiger partial charge is 0.253 e. The minimum atomic E-state index is 0.605. The van der Waals surface area contributed by atoms with Gasteiger partial charge in [-0.25, -0.2) is 19.5 Å². The Morgan fingerprint density at radius 1 is 1.14 bits per heavy atom. The summed E-state index contributed by atoms with van der Waals surface area (Å²) in [6, 6.07) is 3.87. The highest BCUT2D eigenvalue weighted by Crippen LogP contribution is 2.20. The van der Waals surface area contributed by atoms with Gasteiger partial charge in [-0.2, -0.15) is 4.98 Å². The number of nitrogens with zero attached hydrogens (tertiary/aromatic N) is 7. The lowest BCUT2D eigenvalue weighted by atomic mass is 10.3. The highest BCUT2D eigenvalue weighted by atomic mass is 32.2. The van der Waals surface area contributed by atoms with Crippen molar-refractivity contribution in [3.63, 3.8) is 0 Å². The molecule has 0 N–H and O–H groups in total. The first-order chi connectivity index (χ1) is 10.7. The predicted molar refractivity (Wildman–Crippen MR) is 82.8 cm³/mol. The number of imidazole rings is 1. The molecule has 0 saturated carbocycles. The topological polar surface area (TPSA) is 73.3 Å². The standard InChI is InChI=1S/C14H13N7S/c1-9-6-10(2)20-7-11(17-13(20)16-9)8-22-14-18-12-15-4-3-5-21(12)19-14/h3-7H,8H2,1-2H3. The summed E-state index contributed by atoms with van der Waals surface area (Å²) in [5.74, 6) is 2.03. The van der Waals surface area contributed by atoms with Crippen LogP contribution in [0, 0.1) is 13.8 Å². The normalized spacial score (nSPS) is 11.5. The van der Waals surface area contributed by atoms with Crippen LogP contribution in [0.4, 0.5) is 0 Å². The maximum atomic E-state index is 4.56. The molecule has 0 spiro atoms. The average molecular weight is 311 g/mol. The first-order valence-corrected chi connectivity index (χ1v) is 7.80. The van der Waals surface area contributed by atoms with Gasteiger partial charge in [0.05, 0.1) is 5.69 Å². The van der Waals surface area contributed by atoms with E-state index < -0.39 is 0 Å². The van der Waals surface area contributed by atoms with Crippen molar-refractivity contribution in [3.05, 3.63) is 47.8 Å². The minimum Gasteiger partial charge on any atom is -0.288 e. The van der Waals surface area contributed by atoms with E-state index in [-0.39, 0.29) is 0 Å². The molecule has 4 heterocycles. The van der Waals surface area contributed by atoms with Gasteiger partial charge in [-0.1, -0.05) is 11.8 Å². The van der Waals surface area contributed by atoms with Crippen molar-refractivity contribution < 1.29 is 0 Å². The van der Waals surface area contributed by atoms with Gasteiger partial charge >= 0.3 is 0 Å². The molecule has 0 bridgehead atoms. The second-order valence-corrected chi connectivity index (χ2v) is 5.93. The lowest BCUT2D eigenvalue weighted by molar-refractivity contribution is 0.879. The minimum absolute atomic E-state index is 0.605. The van der Waals surface area contributed by atoms with Crippen LogP contribution in [0.15, 0.2) is 35.9 Å². The van der Waals surface area contributed by atoms with Gasteiger partial charge in [0, 0.05) is 35.7 Å². The van der Waals surface area contributed by atoms with Crippen LogP contribution in [-0.4, -0.2) is 34.0 Å². The van der Waals surface area contributed by atoms with Crippen LogP contribution in [0.3, 0.4) is 0 Å². The first kappa shape index (κ1) is 13.2. The Labute approximate surface area is 130 Å². The molecule has 7 nitrogen and oxygen atoms in total. The average Bonchev–Trinajstić information content (AvgIpc) is 3.07. The highest BCUT2D eigenvalue weighted by Gasteiger charge is 2.09. The molecule has 0 amide bonds. The Balaban J connectivity index is 1.59. The van der Waals surface area contributed by atoms with Crippen LogP contribution in [0.5, 0.6) is 0 Å². The fraction of sp³-hybridized carbons (Fsp3) is 0.214. The fourth-order valence-corrected chi connectivity index (χ4v) is 3.01. The number of aromatic nitrogens is 7. The molecular weight excluding hydrogens is 298 g/mol. The third-order valence-electron chi connectivity index (χ3n) is 3.26. The molecule has 0 aliphatic carbocycles. The Hall–Kier alpha value is -2.48. The number of thioether (sulfide) groups is 1.